The Morgan fingerprint density at radius 3 is 2.57 bits per heavy atom. The van der Waals surface area contributed by atoms with E-state index in [4.69, 9.17) is 0 Å². The van der Waals surface area contributed by atoms with Crippen LogP contribution in [0.25, 0.3) is 0 Å². The van der Waals surface area contributed by atoms with Gasteiger partial charge in [-0.2, -0.15) is 0 Å². The van der Waals surface area contributed by atoms with Crippen molar-refractivity contribution in [2.24, 2.45) is 16.3 Å². The summed E-state index contributed by atoms with van der Waals surface area (Å²) in [5, 5.41) is 0. The fraction of sp³-hybridized carbons (Fsp3) is 0.667. The number of nitrogens with zero attached hydrogens (tertiary/aromatic N) is 1. The molecule has 0 bridgehead atoms. The van der Waals surface area contributed by atoms with Gasteiger partial charge in [-0.25, -0.2) is 0 Å². The average Bonchev–Trinajstić information content (AvgIpc) is 2.48. The highest BCUT2D eigenvalue weighted by atomic mass is 16.1. The molecule has 1 rings (SSSR count). The van der Waals surface area contributed by atoms with E-state index >= 15 is 0 Å². The molecule has 0 saturated heterocycles. The van der Waals surface area contributed by atoms with Crippen LogP contribution in [0.5, 0.6) is 0 Å². The number of hydrogen-bond donors (Lipinski definition) is 0. The lowest BCUT2D eigenvalue weighted by Gasteiger charge is -2.28. The van der Waals surface area contributed by atoms with Crippen LogP contribution in [-0.4, -0.2) is 12.0 Å². The van der Waals surface area contributed by atoms with E-state index in [-0.39, 0.29) is 17.1 Å². The van der Waals surface area contributed by atoms with Gasteiger partial charge >= 0.3 is 0 Å². The molecule has 78 valence electrons. The molecule has 14 heavy (non-hydrogen) atoms. The summed E-state index contributed by atoms with van der Waals surface area (Å²) in [5.74, 6) is 0.351. The minimum Gasteiger partial charge on any atom is -0.300 e. The highest BCUT2D eigenvalue weighted by Crippen LogP contribution is 2.32. The predicted molar refractivity (Wildman–Crippen MR) is 59.4 cm³/mol. The van der Waals surface area contributed by atoms with E-state index in [1.54, 1.807) is 6.92 Å². The van der Waals surface area contributed by atoms with E-state index in [1.807, 2.05) is 6.21 Å². The maximum atomic E-state index is 11.5. The second-order valence-corrected chi connectivity index (χ2v) is 4.98. The van der Waals surface area contributed by atoms with E-state index < -0.39 is 0 Å². The fourth-order valence-electron chi connectivity index (χ4n) is 1.82. The molecule has 0 aromatic heterocycles. The molecule has 1 atom stereocenters. The molecule has 1 heterocycles. The van der Waals surface area contributed by atoms with Gasteiger partial charge in [-0.15, -0.1) is 0 Å². The highest BCUT2D eigenvalue weighted by Gasteiger charge is 2.29. The van der Waals surface area contributed by atoms with Crippen LogP contribution in [0.1, 0.15) is 40.5 Å². The Bertz CT molecular complexity index is 281. The molecule has 0 aromatic carbocycles. The largest absolute Gasteiger partial charge is 0.300 e. The second kappa shape index (κ2) is 4.07. The fourth-order valence-corrected chi connectivity index (χ4v) is 1.82. The minimum atomic E-state index is 0.0325. The summed E-state index contributed by atoms with van der Waals surface area (Å²) in [6, 6.07) is 0. The van der Waals surface area contributed by atoms with Crippen molar-refractivity contribution in [2.45, 2.75) is 40.5 Å². The van der Waals surface area contributed by atoms with Crippen molar-refractivity contribution in [3.05, 3.63) is 11.8 Å². The summed E-state index contributed by atoms with van der Waals surface area (Å²) in [5.41, 5.74) is 1.10. The molecule has 1 aliphatic heterocycles. The lowest BCUT2D eigenvalue weighted by Crippen LogP contribution is -2.27. The van der Waals surface area contributed by atoms with Gasteiger partial charge < -0.3 is 0 Å². The molecule has 1 unspecified atom stereocenters. The third-order valence-electron chi connectivity index (χ3n) is 2.67. The van der Waals surface area contributed by atoms with E-state index in [1.165, 1.54) is 0 Å². The minimum absolute atomic E-state index is 0.0325. The van der Waals surface area contributed by atoms with Crippen LogP contribution in [0.2, 0.25) is 0 Å². The third kappa shape index (κ3) is 2.79. The first kappa shape index (κ1) is 11.2. The first-order chi connectivity index (χ1) is 6.41. The zero-order valence-corrected chi connectivity index (χ0v) is 9.50. The summed E-state index contributed by atoms with van der Waals surface area (Å²) in [6.45, 7) is 8.00. The van der Waals surface area contributed by atoms with Gasteiger partial charge in [-0.1, -0.05) is 26.8 Å². The molecular formula is C12H19NO. The highest BCUT2D eigenvalue weighted by molar-refractivity contribution is 5.79. The maximum absolute atomic E-state index is 11.5. The van der Waals surface area contributed by atoms with Crippen molar-refractivity contribution < 1.29 is 4.79 Å². The van der Waals surface area contributed by atoms with Crippen LogP contribution in [0.15, 0.2) is 16.8 Å². The van der Waals surface area contributed by atoms with Gasteiger partial charge in [0.15, 0.2) is 0 Å². The number of Topliss-reactive ketones (excluding diaryl/α,β-unsaturated/α-hetero) is 1. The smallest absolute Gasteiger partial charge is 0.133 e. The van der Waals surface area contributed by atoms with Crippen molar-refractivity contribution in [1.82, 2.24) is 0 Å². The number of hydrogen-bond acceptors (Lipinski definition) is 2. The van der Waals surface area contributed by atoms with E-state index in [9.17, 15) is 4.79 Å². The summed E-state index contributed by atoms with van der Waals surface area (Å²) < 4.78 is 0. The third-order valence-corrected chi connectivity index (χ3v) is 2.67. The molecule has 0 aliphatic carbocycles. The Labute approximate surface area is 86.1 Å². The molecule has 2 nitrogen and oxygen atoms in total. The number of carbonyl (C=O) groups is 1. The van der Waals surface area contributed by atoms with Crippen molar-refractivity contribution in [1.29, 1.82) is 0 Å². The van der Waals surface area contributed by atoms with Crippen molar-refractivity contribution >= 4 is 12.0 Å². The SMILES string of the molecule is CC(=O)C(CC1=CCC=N1)C(C)(C)C. The Morgan fingerprint density at radius 1 is 1.57 bits per heavy atom. The molecule has 0 amide bonds. The van der Waals surface area contributed by atoms with Crippen molar-refractivity contribution in [3.8, 4) is 0 Å². The summed E-state index contributed by atoms with van der Waals surface area (Å²) in [7, 11) is 0. The standard InChI is InChI=1S/C12H19NO/c1-9(14)11(12(2,3)4)8-10-6-5-7-13-10/h6-7,11H,5,8H2,1-4H3. The number of ketones is 1. The van der Waals surface area contributed by atoms with E-state index in [2.05, 4.69) is 31.8 Å². The van der Waals surface area contributed by atoms with Gasteiger partial charge in [-0.05, 0) is 18.8 Å². The van der Waals surface area contributed by atoms with E-state index in [0.717, 1.165) is 18.5 Å². The van der Waals surface area contributed by atoms with Crippen LogP contribution >= 0.6 is 0 Å². The van der Waals surface area contributed by atoms with Crippen LogP contribution < -0.4 is 0 Å². The Hall–Kier alpha value is -0.920. The predicted octanol–water partition coefficient (Wildman–Crippen LogP) is 2.99. The summed E-state index contributed by atoms with van der Waals surface area (Å²) in [4.78, 5) is 15.8. The topological polar surface area (TPSA) is 29.4 Å². The van der Waals surface area contributed by atoms with E-state index in [0.29, 0.717) is 0 Å². The Kier molecular flexibility index (Phi) is 3.25. The summed E-state index contributed by atoms with van der Waals surface area (Å²) >= 11 is 0. The van der Waals surface area contributed by atoms with Crippen LogP contribution in [0.3, 0.4) is 0 Å². The van der Waals surface area contributed by atoms with Gasteiger partial charge in [-0.3, -0.25) is 9.79 Å². The monoisotopic (exact) mass is 193 g/mol. The van der Waals surface area contributed by atoms with Gasteiger partial charge in [0.05, 0.1) is 0 Å². The molecular weight excluding hydrogens is 174 g/mol. The Morgan fingerprint density at radius 2 is 2.21 bits per heavy atom. The quantitative estimate of drug-likeness (QED) is 0.677. The van der Waals surface area contributed by atoms with Gasteiger partial charge in [0.2, 0.25) is 0 Å². The Balaban J connectivity index is 2.70. The molecule has 0 N–H and O–H groups in total. The van der Waals surface area contributed by atoms with Gasteiger partial charge in [0.25, 0.3) is 0 Å². The van der Waals surface area contributed by atoms with Crippen molar-refractivity contribution in [3.63, 3.8) is 0 Å². The number of aliphatic imine (C=N–C) groups is 1. The first-order valence-electron chi connectivity index (χ1n) is 5.13. The zero-order chi connectivity index (χ0) is 10.8. The van der Waals surface area contributed by atoms with Gasteiger partial charge in [0, 0.05) is 24.3 Å². The molecule has 0 spiro atoms. The lowest BCUT2D eigenvalue weighted by molar-refractivity contribution is -0.123. The maximum Gasteiger partial charge on any atom is 0.133 e. The molecule has 2 heteroatoms. The molecule has 0 radical (unpaired) electrons. The summed E-state index contributed by atoms with van der Waals surface area (Å²) in [6.07, 6.45) is 5.70. The average molecular weight is 193 g/mol. The molecule has 1 aliphatic rings. The van der Waals surface area contributed by atoms with Crippen LogP contribution in [0.4, 0.5) is 0 Å². The molecule has 0 saturated carbocycles. The number of rotatable bonds is 3. The second-order valence-electron chi connectivity index (χ2n) is 4.98. The molecule has 0 fully saturated rings. The number of carbonyl (C=O) groups excluding carboxylic acids is 1. The van der Waals surface area contributed by atoms with Gasteiger partial charge in [0.1, 0.15) is 5.78 Å². The van der Waals surface area contributed by atoms with Crippen LogP contribution in [0, 0.1) is 11.3 Å². The normalized spacial score (nSPS) is 18.1. The van der Waals surface area contributed by atoms with Crippen molar-refractivity contribution in [2.75, 3.05) is 0 Å². The number of allylic oxidation sites excluding steroid dienone is 2. The zero-order valence-electron chi connectivity index (χ0n) is 9.50. The van der Waals surface area contributed by atoms with Crippen LogP contribution in [-0.2, 0) is 4.79 Å². The first-order valence-corrected chi connectivity index (χ1v) is 5.13. The lowest BCUT2D eigenvalue weighted by atomic mass is 9.76. The molecule has 0 aromatic rings.